The summed E-state index contributed by atoms with van der Waals surface area (Å²) >= 11 is 0. The zero-order valence-electron chi connectivity index (χ0n) is 12.3. The standard InChI is InChI=1S/C17H13FN2O3/c1-9-13-7-11(18)3-4-12(13)16(21)20(9)8-10-2-5-14-15(6-10)23-17(22)19-14/h2-7,9H,8H2,1H3,(H,19,22). The van der Waals surface area contributed by atoms with E-state index in [4.69, 9.17) is 4.42 Å². The van der Waals surface area contributed by atoms with Gasteiger partial charge in [0.2, 0.25) is 0 Å². The number of halogens is 1. The van der Waals surface area contributed by atoms with Crippen LogP contribution in [-0.2, 0) is 6.54 Å². The average Bonchev–Trinajstić information content (AvgIpc) is 2.99. The molecule has 1 aliphatic heterocycles. The van der Waals surface area contributed by atoms with Crippen LogP contribution in [0.4, 0.5) is 4.39 Å². The molecule has 0 radical (unpaired) electrons. The highest BCUT2D eigenvalue weighted by molar-refractivity contribution is 5.99. The predicted octanol–water partition coefficient (Wildman–Crippen LogP) is 2.98. The maximum atomic E-state index is 13.4. The highest BCUT2D eigenvalue weighted by Crippen LogP contribution is 2.35. The van der Waals surface area contributed by atoms with Gasteiger partial charge in [-0.2, -0.15) is 0 Å². The fourth-order valence-electron chi connectivity index (χ4n) is 3.07. The number of amides is 1. The van der Waals surface area contributed by atoms with Crippen LogP contribution in [0.3, 0.4) is 0 Å². The topological polar surface area (TPSA) is 66.3 Å². The first kappa shape index (κ1) is 13.8. The fraction of sp³-hybridized carbons (Fsp3) is 0.176. The van der Waals surface area contributed by atoms with Crippen LogP contribution in [-0.4, -0.2) is 15.8 Å². The summed E-state index contributed by atoms with van der Waals surface area (Å²) in [5.41, 5.74) is 3.14. The van der Waals surface area contributed by atoms with E-state index in [9.17, 15) is 14.0 Å². The Hall–Kier alpha value is -2.89. The number of H-pyrrole nitrogens is 1. The van der Waals surface area contributed by atoms with Gasteiger partial charge in [-0.1, -0.05) is 6.07 Å². The molecule has 0 saturated heterocycles. The average molecular weight is 312 g/mol. The highest BCUT2D eigenvalue weighted by Gasteiger charge is 2.34. The van der Waals surface area contributed by atoms with Crippen molar-refractivity contribution in [2.75, 3.05) is 0 Å². The number of fused-ring (bicyclic) bond motifs is 2. The van der Waals surface area contributed by atoms with Crippen molar-refractivity contribution >= 4 is 17.0 Å². The van der Waals surface area contributed by atoms with Gasteiger partial charge in [0.1, 0.15) is 5.82 Å². The Balaban J connectivity index is 1.68. The van der Waals surface area contributed by atoms with E-state index in [1.54, 1.807) is 17.0 Å². The molecule has 1 amide bonds. The lowest BCUT2D eigenvalue weighted by Crippen LogP contribution is -2.26. The second-order valence-electron chi connectivity index (χ2n) is 5.69. The van der Waals surface area contributed by atoms with Gasteiger partial charge >= 0.3 is 5.76 Å². The van der Waals surface area contributed by atoms with Gasteiger partial charge in [0.25, 0.3) is 5.91 Å². The molecule has 0 aliphatic carbocycles. The van der Waals surface area contributed by atoms with Crippen LogP contribution in [0.15, 0.2) is 45.6 Å². The van der Waals surface area contributed by atoms with Gasteiger partial charge in [0.15, 0.2) is 5.58 Å². The van der Waals surface area contributed by atoms with Gasteiger partial charge in [0, 0.05) is 12.1 Å². The molecule has 2 aromatic carbocycles. The molecule has 4 rings (SSSR count). The predicted molar refractivity (Wildman–Crippen MR) is 81.5 cm³/mol. The van der Waals surface area contributed by atoms with Crippen LogP contribution in [0.1, 0.15) is 34.5 Å². The zero-order valence-corrected chi connectivity index (χ0v) is 12.3. The molecule has 116 valence electrons. The van der Waals surface area contributed by atoms with Crippen LogP contribution in [0.5, 0.6) is 0 Å². The minimum atomic E-state index is -0.509. The minimum Gasteiger partial charge on any atom is -0.408 e. The van der Waals surface area contributed by atoms with Crippen LogP contribution in [0, 0.1) is 5.82 Å². The molecule has 1 atom stereocenters. The molecular weight excluding hydrogens is 299 g/mol. The number of aromatic nitrogens is 1. The van der Waals surface area contributed by atoms with Crippen LogP contribution in [0.25, 0.3) is 11.1 Å². The van der Waals surface area contributed by atoms with E-state index in [0.29, 0.717) is 28.8 Å². The van der Waals surface area contributed by atoms with Gasteiger partial charge in [-0.05, 0) is 48.4 Å². The van der Waals surface area contributed by atoms with E-state index in [1.807, 2.05) is 13.0 Å². The zero-order chi connectivity index (χ0) is 16.1. The van der Waals surface area contributed by atoms with E-state index >= 15 is 0 Å². The molecule has 1 aromatic heterocycles. The largest absolute Gasteiger partial charge is 0.417 e. The Morgan fingerprint density at radius 2 is 2.04 bits per heavy atom. The number of nitrogens with one attached hydrogen (secondary N) is 1. The van der Waals surface area contributed by atoms with Crippen molar-refractivity contribution in [3.05, 3.63) is 69.5 Å². The van der Waals surface area contributed by atoms with Crippen molar-refractivity contribution < 1.29 is 13.6 Å². The van der Waals surface area contributed by atoms with Gasteiger partial charge in [-0.3, -0.25) is 9.78 Å². The maximum Gasteiger partial charge on any atom is 0.417 e. The Morgan fingerprint density at radius 3 is 2.87 bits per heavy atom. The molecule has 5 nitrogen and oxygen atoms in total. The summed E-state index contributed by atoms with van der Waals surface area (Å²) in [6.07, 6.45) is 0. The van der Waals surface area contributed by atoms with Gasteiger partial charge in [0.05, 0.1) is 11.6 Å². The maximum absolute atomic E-state index is 13.4. The van der Waals surface area contributed by atoms with Crippen molar-refractivity contribution in [2.24, 2.45) is 0 Å². The van der Waals surface area contributed by atoms with E-state index < -0.39 is 5.76 Å². The number of aromatic amines is 1. The first-order valence-electron chi connectivity index (χ1n) is 7.25. The first-order valence-corrected chi connectivity index (χ1v) is 7.25. The van der Waals surface area contributed by atoms with E-state index in [1.165, 1.54) is 18.2 Å². The number of carbonyl (C=O) groups is 1. The van der Waals surface area contributed by atoms with Crippen molar-refractivity contribution in [1.29, 1.82) is 0 Å². The van der Waals surface area contributed by atoms with Gasteiger partial charge in [-0.25, -0.2) is 9.18 Å². The third-order valence-electron chi connectivity index (χ3n) is 4.26. The minimum absolute atomic E-state index is 0.122. The summed E-state index contributed by atoms with van der Waals surface area (Å²) in [6.45, 7) is 2.24. The molecule has 0 bridgehead atoms. The molecule has 1 aliphatic rings. The van der Waals surface area contributed by atoms with E-state index in [-0.39, 0.29) is 17.8 Å². The second-order valence-corrected chi connectivity index (χ2v) is 5.69. The molecule has 1 N–H and O–H groups in total. The third kappa shape index (κ3) is 2.14. The molecule has 0 fully saturated rings. The van der Waals surface area contributed by atoms with E-state index in [0.717, 1.165) is 5.56 Å². The third-order valence-corrected chi connectivity index (χ3v) is 4.26. The number of nitrogens with zero attached hydrogens (tertiary/aromatic N) is 1. The van der Waals surface area contributed by atoms with Crippen molar-refractivity contribution in [1.82, 2.24) is 9.88 Å². The molecule has 3 aromatic rings. The summed E-state index contributed by atoms with van der Waals surface area (Å²) in [5, 5.41) is 0. The molecule has 0 spiro atoms. The smallest absolute Gasteiger partial charge is 0.408 e. The number of hydrogen-bond donors (Lipinski definition) is 1. The molecule has 6 heteroatoms. The van der Waals surface area contributed by atoms with Crippen LogP contribution < -0.4 is 5.76 Å². The van der Waals surface area contributed by atoms with Crippen molar-refractivity contribution in [3.63, 3.8) is 0 Å². The van der Waals surface area contributed by atoms with Gasteiger partial charge < -0.3 is 9.32 Å². The molecule has 23 heavy (non-hydrogen) atoms. The monoisotopic (exact) mass is 312 g/mol. The number of benzene rings is 2. The Kier molecular flexibility index (Phi) is 2.87. The van der Waals surface area contributed by atoms with Gasteiger partial charge in [-0.15, -0.1) is 0 Å². The molecule has 2 heterocycles. The summed E-state index contributed by atoms with van der Waals surface area (Å²) in [4.78, 5) is 28.0. The number of rotatable bonds is 2. The lowest BCUT2D eigenvalue weighted by atomic mass is 10.1. The fourth-order valence-corrected chi connectivity index (χ4v) is 3.07. The Labute approximate surface area is 130 Å². The number of oxazole rings is 1. The van der Waals surface area contributed by atoms with Crippen molar-refractivity contribution in [3.8, 4) is 0 Å². The summed E-state index contributed by atoms with van der Waals surface area (Å²) in [6, 6.07) is 9.33. The number of carbonyl (C=O) groups excluding carboxylic acids is 1. The Bertz CT molecular complexity index is 989. The summed E-state index contributed by atoms with van der Waals surface area (Å²) in [5.74, 6) is -0.977. The SMILES string of the molecule is CC1c2cc(F)ccc2C(=O)N1Cc1ccc2[nH]c(=O)oc2c1. The second kappa shape index (κ2) is 4.81. The highest BCUT2D eigenvalue weighted by atomic mass is 19.1. The van der Waals surface area contributed by atoms with E-state index in [2.05, 4.69) is 4.98 Å². The molecular formula is C17H13FN2O3. The first-order chi connectivity index (χ1) is 11.0. The normalized spacial score (nSPS) is 17.0. The number of hydrogen-bond acceptors (Lipinski definition) is 3. The molecule has 1 unspecified atom stereocenters. The lowest BCUT2D eigenvalue weighted by molar-refractivity contribution is 0.0723. The van der Waals surface area contributed by atoms with Crippen LogP contribution >= 0.6 is 0 Å². The quantitative estimate of drug-likeness (QED) is 0.791. The Morgan fingerprint density at radius 1 is 1.22 bits per heavy atom. The molecule has 0 saturated carbocycles. The lowest BCUT2D eigenvalue weighted by Gasteiger charge is -2.22. The summed E-state index contributed by atoms with van der Waals surface area (Å²) in [7, 11) is 0. The van der Waals surface area contributed by atoms with Crippen molar-refractivity contribution in [2.45, 2.75) is 19.5 Å². The summed E-state index contributed by atoms with van der Waals surface area (Å²) < 4.78 is 18.5. The van der Waals surface area contributed by atoms with Crippen LogP contribution in [0.2, 0.25) is 0 Å².